The summed E-state index contributed by atoms with van der Waals surface area (Å²) in [5.41, 5.74) is 4.25. The van der Waals surface area contributed by atoms with Crippen molar-refractivity contribution in [2.75, 3.05) is 0 Å². The van der Waals surface area contributed by atoms with E-state index in [0.29, 0.717) is 11.0 Å². The van der Waals surface area contributed by atoms with E-state index in [9.17, 15) is 9.18 Å². The third-order valence-corrected chi connectivity index (χ3v) is 4.98. The Balaban J connectivity index is 1.89. The molecule has 1 aromatic carbocycles. The molecule has 2 rings (SSSR count). The summed E-state index contributed by atoms with van der Waals surface area (Å²) in [4.78, 5) is 11.9. The zero-order chi connectivity index (χ0) is 16.2. The van der Waals surface area contributed by atoms with Crippen LogP contribution in [0.1, 0.15) is 63.2 Å². The molecule has 0 aromatic heterocycles. The van der Waals surface area contributed by atoms with E-state index in [1.165, 1.54) is 24.6 Å². The van der Waals surface area contributed by atoms with Crippen LogP contribution in [0, 0.1) is 17.2 Å². The number of benzene rings is 1. The molecule has 0 saturated heterocycles. The van der Waals surface area contributed by atoms with Gasteiger partial charge in [0.2, 0.25) is 0 Å². The molecule has 0 atom stereocenters. The van der Waals surface area contributed by atoms with Gasteiger partial charge in [-0.1, -0.05) is 33.3 Å². The molecule has 0 bridgehead atoms. The highest BCUT2D eigenvalue weighted by Crippen LogP contribution is 2.39. The minimum absolute atomic E-state index is 0.296. The molecule has 1 aliphatic carbocycles. The summed E-state index contributed by atoms with van der Waals surface area (Å²) in [6.07, 6.45) is 5.28. The smallest absolute Gasteiger partial charge is 0.267 e. The molecule has 0 radical (unpaired) electrons. The van der Waals surface area contributed by atoms with Crippen LogP contribution < -0.4 is 5.43 Å². The number of nitrogens with one attached hydrogen (secondary N) is 1. The monoisotopic (exact) mass is 304 g/mol. The van der Waals surface area contributed by atoms with Crippen LogP contribution in [0.4, 0.5) is 4.39 Å². The number of nitrogens with zero attached hydrogens (tertiary/aromatic N) is 1. The van der Waals surface area contributed by atoms with E-state index >= 15 is 0 Å². The van der Waals surface area contributed by atoms with E-state index in [-0.39, 0.29) is 5.91 Å². The lowest BCUT2D eigenvalue weighted by atomic mass is 9.69. The molecule has 0 spiro atoms. The van der Waals surface area contributed by atoms with Gasteiger partial charge in [-0.3, -0.25) is 4.79 Å². The van der Waals surface area contributed by atoms with Crippen LogP contribution >= 0.6 is 0 Å². The molecule has 1 fully saturated rings. The number of amides is 1. The second kappa shape index (κ2) is 7.03. The Bertz CT molecular complexity index is 556. The van der Waals surface area contributed by atoms with Gasteiger partial charge in [0.15, 0.2) is 0 Å². The number of rotatable bonds is 4. The Labute approximate surface area is 132 Å². The number of hydrazone groups is 1. The second-order valence-corrected chi connectivity index (χ2v) is 6.75. The average molecular weight is 304 g/mol. The van der Waals surface area contributed by atoms with Crippen LogP contribution in [0.15, 0.2) is 29.4 Å². The molecule has 0 heterocycles. The summed E-state index contributed by atoms with van der Waals surface area (Å²) in [6.45, 7) is 6.89. The van der Waals surface area contributed by atoms with E-state index in [2.05, 4.69) is 31.3 Å². The molecule has 4 heteroatoms. The fraction of sp³-hybridized carbons (Fsp3) is 0.556. The molecule has 22 heavy (non-hydrogen) atoms. The van der Waals surface area contributed by atoms with Crippen LogP contribution in [0.25, 0.3) is 0 Å². The van der Waals surface area contributed by atoms with Crippen molar-refractivity contribution in [3.8, 4) is 0 Å². The zero-order valence-corrected chi connectivity index (χ0v) is 13.7. The topological polar surface area (TPSA) is 41.5 Å². The zero-order valence-electron chi connectivity index (χ0n) is 13.7. The first kappa shape index (κ1) is 16.7. The third-order valence-electron chi connectivity index (χ3n) is 4.98. The van der Waals surface area contributed by atoms with Crippen LogP contribution in [0.3, 0.4) is 0 Å². The van der Waals surface area contributed by atoms with E-state index < -0.39 is 5.82 Å². The van der Waals surface area contributed by atoms with Crippen LogP contribution in [-0.2, 0) is 0 Å². The fourth-order valence-corrected chi connectivity index (χ4v) is 2.96. The maximum Gasteiger partial charge on any atom is 0.271 e. The molecule has 1 N–H and O–H groups in total. The first-order valence-electron chi connectivity index (χ1n) is 8.03. The normalized spacial score (nSPS) is 18.9. The molecule has 0 unspecified atom stereocenters. The van der Waals surface area contributed by atoms with E-state index in [1.54, 1.807) is 6.07 Å². The van der Waals surface area contributed by atoms with Crippen molar-refractivity contribution >= 4 is 11.6 Å². The van der Waals surface area contributed by atoms with Gasteiger partial charge >= 0.3 is 0 Å². The Morgan fingerprint density at radius 3 is 2.64 bits per heavy atom. The lowest BCUT2D eigenvalue weighted by molar-refractivity contribution is 0.0953. The summed E-state index contributed by atoms with van der Waals surface area (Å²) >= 11 is 0. The Hall–Kier alpha value is -1.71. The Kier molecular flexibility index (Phi) is 5.33. The lowest BCUT2D eigenvalue weighted by Crippen LogP contribution is -2.29. The third kappa shape index (κ3) is 4.15. The molecular weight excluding hydrogens is 279 g/mol. The summed E-state index contributed by atoms with van der Waals surface area (Å²) < 4.78 is 13.1. The summed E-state index contributed by atoms with van der Waals surface area (Å²) in [5, 5.41) is 4.23. The number of halogens is 1. The molecule has 1 saturated carbocycles. The number of carbonyl (C=O) groups excluding carboxylic acids is 1. The highest BCUT2D eigenvalue weighted by Gasteiger charge is 2.30. The lowest BCUT2D eigenvalue weighted by Gasteiger charge is -2.36. The Morgan fingerprint density at radius 2 is 2.05 bits per heavy atom. The fourth-order valence-electron chi connectivity index (χ4n) is 2.96. The van der Waals surface area contributed by atoms with Crippen molar-refractivity contribution in [2.24, 2.45) is 16.4 Å². The van der Waals surface area contributed by atoms with Gasteiger partial charge in [0.25, 0.3) is 5.91 Å². The maximum atomic E-state index is 13.1. The highest BCUT2D eigenvalue weighted by atomic mass is 19.1. The van der Waals surface area contributed by atoms with Crippen LogP contribution in [-0.4, -0.2) is 11.6 Å². The Morgan fingerprint density at radius 1 is 1.36 bits per heavy atom. The minimum atomic E-state index is -0.414. The van der Waals surface area contributed by atoms with Gasteiger partial charge in [0.1, 0.15) is 5.82 Å². The predicted octanol–water partition coefficient (Wildman–Crippen LogP) is 4.54. The van der Waals surface area contributed by atoms with Crippen molar-refractivity contribution in [3.63, 3.8) is 0 Å². The van der Waals surface area contributed by atoms with Crippen molar-refractivity contribution in [2.45, 2.75) is 52.9 Å². The van der Waals surface area contributed by atoms with E-state index in [0.717, 1.165) is 37.3 Å². The number of hydrogen-bond acceptors (Lipinski definition) is 2. The average Bonchev–Trinajstić information content (AvgIpc) is 2.53. The molecule has 120 valence electrons. The summed E-state index contributed by atoms with van der Waals surface area (Å²) in [5.74, 6) is -0.0546. The van der Waals surface area contributed by atoms with Gasteiger partial charge in [-0.15, -0.1) is 0 Å². The van der Waals surface area contributed by atoms with Crippen molar-refractivity contribution in [1.29, 1.82) is 0 Å². The molecular formula is C18H25FN2O. The van der Waals surface area contributed by atoms with Gasteiger partial charge in [-0.2, -0.15) is 5.10 Å². The van der Waals surface area contributed by atoms with Crippen molar-refractivity contribution in [3.05, 3.63) is 35.6 Å². The van der Waals surface area contributed by atoms with Gasteiger partial charge in [0.05, 0.1) is 0 Å². The van der Waals surface area contributed by atoms with Gasteiger partial charge in [0, 0.05) is 11.3 Å². The van der Waals surface area contributed by atoms with Crippen LogP contribution in [0.2, 0.25) is 0 Å². The first-order valence-corrected chi connectivity index (χ1v) is 8.03. The highest BCUT2D eigenvalue weighted by molar-refractivity contribution is 5.95. The van der Waals surface area contributed by atoms with E-state index in [4.69, 9.17) is 0 Å². The maximum absolute atomic E-state index is 13.1. The van der Waals surface area contributed by atoms with Crippen molar-refractivity contribution < 1.29 is 9.18 Å². The minimum Gasteiger partial charge on any atom is -0.267 e. The first-order chi connectivity index (χ1) is 10.4. The SMILES string of the molecule is CCC(C)(C)C1CCC(=NNC(=O)c2cccc(F)c2)CC1. The largest absolute Gasteiger partial charge is 0.271 e. The molecule has 0 aliphatic heterocycles. The summed E-state index contributed by atoms with van der Waals surface area (Å²) in [7, 11) is 0. The quantitative estimate of drug-likeness (QED) is 0.815. The van der Waals surface area contributed by atoms with Gasteiger partial charge < -0.3 is 0 Å². The second-order valence-electron chi connectivity index (χ2n) is 6.75. The number of carbonyl (C=O) groups is 1. The van der Waals surface area contributed by atoms with Gasteiger partial charge in [-0.05, 0) is 55.2 Å². The standard InChI is InChI=1S/C18H25FN2O/c1-4-18(2,3)14-8-10-16(11-9-14)20-21-17(22)13-6-5-7-15(19)12-13/h5-7,12,14H,4,8-11H2,1-3H3,(H,21,22). The predicted molar refractivity (Wildman–Crippen MR) is 87.3 cm³/mol. The molecule has 1 aromatic rings. The molecule has 1 amide bonds. The van der Waals surface area contributed by atoms with Crippen LogP contribution in [0.5, 0.6) is 0 Å². The van der Waals surface area contributed by atoms with Gasteiger partial charge in [-0.25, -0.2) is 9.82 Å². The van der Waals surface area contributed by atoms with Crippen molar-refractivity contribution in [1.82, 2.24) is 5.43 Å². The molecule has 1 aliphatic rings. The number of hydrogen-bond donors (Lipinski definition) is 1. The molecule has 3 nitrogen and oxygen atoms in total. The van der Waals surface area contributed by atoms with E-state index in [1.807, 2.05) is 0 Å². The summed E-state index contributed by atoms with van der Waals surface area (Å²) in [6, 6.07) is 5.64.